The Kier molecular flexibility index (Phi) is 18.2. The number of imide groups is 1. The molecule has 13 nitrogen and oxygen atoms in total. The second-order valence-electron chi connectivity index (χ2n) is 11.4. The summed E-state index contributed by atoms with van der Waals surface area (Å²) in [6, 6.07) is 4.95. The van der Waals surface area contributed by atoms with E-state index in [4.69, 9.17) is 9.47 Å². The highest BCUT2D eigenvalue weighted by atomic mass is 16.5. The van der Waals surface area contributed by atoms with E-state index < -0.39 is 30.0 Å². The van der Waals surface area contributed by atoms with Crippen molar-refractivity contribution in [2.24, 2.45) is 11.8 Å². The van der Waals surface area contributed by atoms with Crippen LogP contribution in [0.25, 0.3) is 0 Å². The lowest BCUT2D eigenvalue weighted by atomic mass is 10.0. The number of hydrogen-bond donors (Lipinski definition) is 4. The van der Waals surface area contributed by atoms with Gasteiger partial charge in [0.1, 0.15) is 18.7 Å². The first-order valence-electron chi connectivity index (χ1n) is 16.2. The number of anilines is 1. The summed E-state index contributed by atoms with van der Waals surface area (Å²) < 4.78 is 10.8. The van der Waals surface area contributed by atoms with Gasteiger partial charge in [0.25, 0.3) is 0 Å². The molecule has 4 unspecified atom stereocenters. The van der Waals surface area contributed by atoms with Gasteiger partial charge in [0.2, 0.25) is 29.5 Å². The van der Waals surface area contributed by atoms with Gasteiger partial charge in [0, 0.05) is 44.1 Å². The molecule has 0 bridgehead atoms. The third-order valence-electron chi connectivity index (χ3n) is 7.07. The topological polar surface area (TPSA) is 172 Å². The summed E-state index contributed by atoms with van der Waals surface area (Å²) >= 11 is 0. The first-order valence-corrected chi connectivity index (χ1v) is 16.2. The van der Waals surface area contributed by atoms with Crippen LogP contribution in [0.15, 0.2) is 24.3 Å². The molecule has 46 heavy (non-hydrogen) atoms. The second-order valence-corrected chi connectivity index (χ2v) is 11.4. The zero-order valence-electron chi connectivity index (χ0n) is 28.6. The van der Waals surface area contributed by atoms with Crippen molar-refractivity contribution in [2.75, 3.05) is 25.0 Å². The minimum absolute atomic E-state index is 0.0296. The maximum atomic E-state index is 12.9. The molecule has 4 N–H and O–H groups in total. The van der Waals surface area contributed by atoms with Gasteiger partial charge >= 0.3 is 6.09 Å². The number of carbonyl (C=O) groups excluding carboxylic acids is 6. The fourth-order valence-electron chi connectivity index (χ4n) is 4.37. The highest BCUT2D eigenvalue weighted by Crippen LogP contribution is 2.18. The quantitative estimate of drug-likeness (QED) is 0.186. The highest BCUT2D eigenvalue weighted by Gasteiger charge is 2.35. The number of alkyl carbamates (subject to hydrolysis) is 1. The van der Waals surface area contributed by atoms with Crippen LogP contribution in [0.1, 0.15) is 86.6 Å². The van der Waals surface area contributed by atoms with Gasteiger partial charge in [-0.2, -0.15) is 0 Å². The first-order chi connectivity index (χ1) is 21.8. The van der Waals surface area contributed by atoms with Crippen LogP contribution >= 0.6 is 0 Å². The lowest BCUT2D eigenvalue weighted by molar-refractivity contribution is -0.139. The number of nitrogens with one attached hydrogen (secondary N) is 4. The first kappa shape index (κ1) is 40.0. The standard InChI is InChI=1S/C31H47N5O8.C2H6/c1-7-16-43-21(5)8-13-25(37)35-27(19(2)3)29(40)33-22(6)28(39)34-24-11-9-23(10-12-24)18-44-31(42)32-14-15-36-26(38)17-20(4)30(36)41;1-2/h9-12,19-22,27H,7-8,13-18H2,1-6H3,(H,32,42)(H,33,40)(H,34,39)(H,35,37);1-2H3. The Hall–Kier alpha value is -4.00. The molecule has 13 heteroatoms. The molecule has 258 valence electrons. The summed E-state index contributed by atoms with van der Waals surface area (Å²) in [5.74, 6) is -2.17. The summed E-state index contributed by atoms with van der Waals surface area (Å²) in [6.45, 7) is 15.6. The lowest BCUT2D eigenvalue weighted by Crippen LogP contribution is -2.53. The molecular weight excluding hydrogens is 594 g/mol. The van der Waals surface area contributed by atoms with Crippen LogP contribution in [0.5, 0.6) is 0 Å². The number of carbonyl (C=O) groups is 6. The maximum Gasteiger partial charge on any atom is 0.407 e. The van der Waals surface area contributed by atoms with Crippen LogP contribution in [0.3, 0.4) is 0 Å². The Labute approximate surface area is 272 Å². The summed E-state index contributed by atoms with van der Waals surface area (Å²) in [5, 5.41) is 10.7. The summed E-state index contributed by atoms with van der Waals surface area (Å²) in [5.41, 5.74) is 1.15. The molecule has 1 fully saturated rings. The van der Waals surface area contributed by atoms with Crippen molar-refractivity contribution in [3.8, 4) is 0 Å². The number of nitrogens with zero attached hydrogens (tertiary/aromatic N) is 1. The van der Waals surface area contributed by atoms with Gasteiger partial charge in [0.05, 0.1) is 6.10 Å². The fourth-order valence-corrected chi connectivity index (χ4v) is 4.37. The van der Waals surface area contributed by atoms with Crippen molar-refractivity contribution in [2.45, 2.75) is 106 Å². The van der Waals surface area contributed by atoms with E-state index in [1.165, 1.54) is 0 Å². The number of amides is 6. The summed E-state index contributed by atoms with van der Waals surface area (Å²) in [6.07, 6.45) is 1.10. The second kappa shape index (κ2) is 20.9. The molecule has 0 radical (unpaired) electrons. The number of benzene rings is 1. The predicted molar refractivity (Wildman–Crippen MR) is 174 cm³/mol. The monoisotopic (exact) mass is 647 g/mol. The van der Waals surface area contributed by atoms with E-state index >= 15 is 0 Å². The molecule has 0 aromatic heterocycles. The summed E-state index contributed by atoms with van der Waals surface area (Å²) in [7, 11) is 0. The molecule has 0 saturated carbocycles. The van der Waals surface area contributed by atoms with Crippen molar-refractivity contribution >= 4 is 41.3 Å². The molecule has 6 amide bonds. The molecule has 1 saturated heterocycles. The van der Waals surface area contributed by atoms with E-state index in [2.05, 4.69) is 21.3 Å². The minimum Gasteiger partial charge on any atom is -0.445 e. The van der Waals surface area contributed by atoms with Gasteiger partial charge in [0.15, 0.2) is 0 Å². The number of ether oxygens (including phenoxy) is 2. The predicted octanol–water partition coefficient (Wildman–Crippen LogP) is 3.51. The molecule has 0 aliphatic carbocycles. The SMILES string of the molecule is CC.CCCOC(C)CCC(=O)NC(C(=O)NC(C)C(=O)Nc1ccc(COC(=O)NCCN2C(=O)CC(C)C2=O)cc1)C(C)C. The van der Waals surface area contributed by atoms with Crippen molar-refractivity contribution in [1.29, 1.82) is 0 Å². The zero-order chi connectivity index (χ0) is 34.8. The van der Waals surface area contributed by atoms with Gasteiger partial charge < -0.3 is 30.7 Å². The van der Waals surface area contributed by atoms with E-state index in [0.717, 1.165) is 11.3 Å². The van der Waals surface area contributed by atoms with Gasteiger partial charge in [-0.3, -0.25) is 28.9 Å². The zero-order valence-corrected chi connectivity index (χ0v) is 28.6. The molecule has 1 heterocycles. The van der Waals surface area contributed by atoms with E-state index in [-0.39, 0.29) is 68.2 Å². The Balaban J connectivity index is 0.00000518. The molecule has 1 aromatic carbocycles. The van der Waals surface area contributed by atoms with Crippen LogP contribution in [0, 0.1) is 11.8 Å². The normalized spacial score (nSPS) is 16.1. The van der Waals surface area contributed by atoms with Crippen LogP contribution in [0.2, 0.25) is 0 Å². The third kappa shape index (κ3) is 14.0. The Morgan fingerprint density at radius 3 is 2.20 bits per heavy atom. The lowest BCUT2D eigenvalue weighted by Gasteiger charge is -2.24. The van der Waals surface area contributed by atoms with E-state index in [1.807, 2.05) is 41.5 Å². The van der Waals surface area contributed by atoms with Crippen molar-refractivity contribution < 1.29 is 38.2 Å². The van der Waals surface area contributed by atoms with E-state index in [9.17, 15) is 28.8 Å². The average molecular weight is 648 g/mol. The van der Waals surface area contributed by atoms with Crippen LogP contribution in [-0.4, -0.2) is 78.4 Å². The molecular formula is C33H53N5O8. The van der Waals surface area contributed by atoms with Gasteiger partial charge in [-0.25, -0.2) is 4.79 Å². The Bertz CT molecular complexity index is 1160. The summed E-state index contributed by atoms with van der Waals surface area (Å²) in [4.78, 5) is 75.0. The highest BCUT2D eigenvalue weighted by molar-refractivity contribution is 6.03. The molecule has 1 aliphatic rings. The maximum absolute atomic E-state index is 12.9. The van der Waals surface area contributed by atoms with Gasteiger partial charge in [-0.15, -0.1) is 0 Å². The van der Waals surface area contributed by atoms with E-state index in [0.29, 0.717) is 24.3 Å². The van der Waals surface area contributed by atoms with Crippen LogP contribution in [0.4, 0.5) is 10.5 Å². The molecule has 4 atom stereocenters. The van der Waals surface area contributed by atoms with Crippen LogP contribution < -0.4 is 21.3 Å². The third-order valence-corrected chi connectivity index (χ3v) is 7.07. The number of hydrogen-bond acceptors (Lipinski definition) is 8. The van der Waals surface area contributed by atoms with Gasteiger partial charge in [-0.05, 0) is 50.3 Å². The Morgan fingerprint density at radius 2 is 1.63 bits per heavy atom. The number of likely N-dealkylation sites (tertiary alicyclic amines) is 1. The smallest absolute Gasteiger partial charge is 0.407 e. The van der Waals surface area contributed by atoms with E-state index in [1.54, 1.807) is 38.1 Å². The van der Waals surface area contributed by atoms with Crippen molar-refractivity contribution in [3.05, 3.63) is 29.8 Å². The minimum atomic E-state index is -0.871. The van der Waals surface area contributed by atoms with Crippen molar-refractivity contribution in [1.82, 2.24) is 20.9 Å². The van der Waals surface area contributed by atoms with Gasteiger partial charge in [-0.1, -0.05) is 53.7 Å². The largest absolute Gasteiger partial charge is 0.445 e. The molecule has 1 aliphatic heterocycles. The average Bonchev–Trinajstić information content (AvgIpc) is 3.27. The van der Waals surface area contributed by atoms with Crippen LogP contribution in [-0.2, 0) is 40.1 Å². The molecule has 0 spiro atoms. The Morgan fingerprint density at radius 1 is 0.978 bits per heavy atom. The van der Waals surface area contributed by atoms with Crippen molar-refractivity contribution in [3.63, 3.8) is 0 Å². The number of rotatable bonds is 17. The molecule has 2 rings (SSSR count). The molecule has 1 aromatic rings. The fraction of sp³-hybridized carbons (Fsp3) is 0.636.